The Hall–Kier alpha value is -1.39. The molecule has 5 nitrogen and oxygen atoms in total. The first-order valence-corrected chi connectivity index (χ1v) is 5.22. The van der Waals surface area contributed by atoms with Crippen LogP contribution >= 0.6 is 0 Å². The molecule has 0 aliphatic heterocycles. The van der Waals surface area contributed by atoms with Crippen LogP contribution in [0.25, 0.3) is 0 Å². The third kappa shape index (κ3) is 7.96. The molecular weight excluding hydrogens is 212 g/mol. The van der Waals surface area contributed by atoms with Crippen molar-refractivity contribution in [3.8, 4) is 0 Å². The Labute approximate surface area is 94.8 Å². The van der Waals surface area contributed by atoms with Crippen molar-refractivity contribution in [3.05, 3.63) is 0 Å². The molecule has 1 N–H and O–H groups in total. The van der Waals surface area contributed by atoms with Gasteiger partial charge in [-0.3, -0.25) is 14.4 Å². The predicted molar refractivity (Wildman–Crippen MR) is 56.9 cm³/mol. The summed E-state index contributed by atoms with van der Waals surface area (Å²) in [6, 6.07) is 0. The second-order valence-electron chi connectivity index (χ2n) is 4.07. The van der Waals surface area contributed by atoms with Gasteiger partial charge in [-0.1, -0.05) is 6.92 Å². The molecule has 2 unspecified atom stereocenters. The van der Waals surface area contributed by atoms with Gasteiger partial charge in [0.05, 0.1) is 0 Å². The monoisotopic (exact) mass is 230 g/mol. The third-order valence-electron chi connectivity index (χ3n) is 1.98. The highest BCUT2D eigenvalue weighted by atomic mass is 16.5. The van der Waals surface area contributed by atoms with Crippen LogP contribution in [-0.4, -0.2) is 28.9 Å². The second kappa shape index (κ2) is 6.98. The molecule has 0 fully saturated rings. The minimum absolute atomic E-state index is 0.0202. The van der Waals surface area contributed by atoms with Crippen molar-refractivity contribution in [2.45, 2.75) is 46.1 Å². The van der Waals surface area contributed by atoms with E-state index in [0.717, 1.165) is 0 Å². The number of carbonyl (C=O) groups is 3. The summed E-state index contributed by atoms with van der Waals surface area (Å²) in [4.78, 5) is 32.4. The lowest BCUT2D eigenvalue weighted by Crippen LogP contribution is -2.18. The fraction of sp³-hybridized carbons (Fsp3) is 0.727. The van der Waals surface area contributed by atoms with Crippen molar-refractivity contribution >= 4 is 17.7 Å². The van der Waals surface area contributed by atoms with Crippen LogP contribution in [0, 0.1) is 5.92 Å². The number of esters is 1. The van der Waals surface area contributed by atoms with Crippen LogP contribution < -0.4 is 0 Å². The first-order valence-electron chi connectivity index (χ1n) is 5.22. The lowest BCUT2D eigenvalue weighted by molar-refractivity contribution is -0.146. The molecule has 0 saturated heterocycles. The van der Waals surface area contributed by atoms with Gasteiger partial charge < -0.3 is 9.84 Å². The van der Waals surface area contributed by atoms with Crippen molar-refractivity contribution in [1.82, 2.24) is 0 Å². The summed E-state index contributed by atoms with van der Waals surface area (Å²) in [7, 11) is 0. The minimum atomic E-state index is -0.909. The zero-order chi connectivity index (χ0) is 12.7. The van der Waals surface area contributed by atoms with Crippen LogP contribution in [0.3, 0.4) is 0 Å². The summed E-state index contributed by atoms with van der Waals surface area (Å²) < 4.78 is 4.81. The quantitative estimate of drug-likeness (QED) is 0.668. The Morgan fingerprint density at radius 3 is 2.12 bits per heavy atom. The maximum Gasteiger partial charge on any atom is 0.303 e. The first-order chi connectivity index (χ1) is 7.31. The third-order valence-corrected chi connectivity index (χ3v) is 1.98. The number of hydrogen-bond acceptors (Lipinski definition) is 4. The van der Waals surface area contributed by atoms with Gasteiger partial charge >= 0.3 is 11.9 Å². The molecule has 0 bridgehead atoms. The highest BCUT2D eigenvalue weighted by Gasteiger charge is 2.16. The number of ketones is 1. The van der Waals surface area contributed by atoms with Crippen LogP contribution in [-0.2, 0) is 19.1 Å². The predicted octanol–water partition coefficient (Wildman–Crippen LogP) is 1.40. The van der Waals surface area contributed by atoms with Gasteiger partial charge in [-0.15, -0.1) is 0 Å². The van der Waals surface area contributed by atoms with Crippen LogP contribution in [0.4, 0.5) is 0 Å². The fourth-order valence-corrected chi connectivity index (χ4v) is 1.49. The van der Waals surface area contributed by atoms with Crippen molar-refractivity contribution in [2.24, 2.45) is 5.92 Å². The highest BCUT2D eigenvalue weighted by molar-refractivity contribution is 5.80. The van der Waals surface area contributed by atoms with Gasteiger partial charge in [0, 0.05) is 26.2 Å². The largest absolute Gasteiger partial charge is 0.481 e. The summed E-state index contributed by atoms with van der Waals surface area (Å²) >= 11 is 0. The average Bonchev–Trinajstić information content (AvgIpc) is 1.97. The Morgan fingerprint density at radius 2 is 1.69 bits per heavy atom. The number of aliphatic carboxylic acids is 1. The number of rotatable bonds is 7. The maximum atomic E-state index is 11.4. The number of carboxylic acid groups (broad SMARTS) is 1. The topological polar surface area (TPSA) is 80.7 Å². The van der Waals surface area contributed by atoms with E-state index in [9.17, 15) is 14.4 Å². The first kappa shape index (κ1) is 14.6. The summed E-state index contributed by atoms with van der Waals surface area (Å²) in [5, 5.41) is 8.52. The minimum Gasteiger partial charge on any atom is -0.481 e. The second-order valence-corrected chi connectivity index (χ2v) is 4.07. The van der Waals surface area contributed by atoms with Crippen LogP contribution in [0.1, 0.15) is 40.0 Å². The molecule has 0 heterocycles. The standard InChI is InChI=1S/C11H18O5/c1-7(5-11(14)15)4-10(13)6-8(2)16-9(3)12/h7-8H,4-6H2,1-3H3,(H,14,15). The smallest absolute Gasteiger partial charge is 0.303 e. The Kier molecular flexibility index (Phi) is 6.37. The number of Topliss-reactive ketones (excluding diaryl/α,β-unsaturated/α-hetero) is 1. The van der Waals surface area contributed by atoms with Gasteiger partial charge in [-0.05, 0) is 12.8 Å². The zero-order valence-corrected chi connectivity index (χ0v) is 9.86. The summed E-state index contributed by atoms with van der Waals surface area (Å²) in [6.45, 7) is 4.64. The molecule has 92 valence electrons. The molecule has 0 spiro atoms. The van der Waals surface area contributed by atoms with E-state index in [1.807, 2.05) is 0 Å². The lowest BCUT2D eigenvalue weighted by Gasteiger charge is -2.12. The maximum absolute atomic E-state index is 11.4. The molecule has 2 atom stereocenters. The summed E-state index contributed by atoms with van der Waals surface area (Å²) in [5.74, 6) is -1.59. The van der Waals surface area contributed by atoms with Gasteiger partial charge in [-0.2, -0.15) is 0 Å². The van der Waals surface area contributed by atoms with Crippen LogP contribution in [0.5, 0.6) is 0 Å². The molecular formula is C11H18O5. The SMILES string of the molecule is CC(=O)OC(C)CC(=O)CC(C)CC(=O)O. The Morgan fingerprint density at radius 1 is 1.12 bits per heavy atom. The van der Waals surface area contributed by atoms with Gasteiger partial charge in [0.25, 0.3) is 0 Å². The van der Waals surface area contributed by atoms with E-state index < -0.39 is 18.0 Å². The van der Waals surface area contributed by atoms with Gasteiger partial charge in [-0.25, -0.2) is 0 Å². The molecule has 0 aliphatic carbocycles. The average molecular weight is 230 g/mol. The van der Waals surface area contributed by atoms with E-state index in [1.54, 1.807) is 13.8 Å². The van der Waals surface area contributed by atoms with Crippen molar-refractivity contribution < 1.29 is 24.2 Å². The van der Waals surface area contributed by atoms with E-state index in [1.165, 1.54) is 6.92 Å². The molecule has 0 aromatic heterocycles. The molecule has 16 heavy (non-hydrogen) atoms. The Balaban J connectivity index is 3.89. The molecule has 0 aliphatic rings. The number of hydrogen-bond donors (Lipinski definition) is 1. The lowest BCUT2D eigenvalue weighted by atomic mass is 9.98. The van der Waals surface area contributed by atoms with Crippen LogP contribution in [0.2, 0.25) is 0 Å². The molecule has 5 heteroatoms. The molecule has 0 radical (unpaired) electrons. The highest BCUT2D eigenvalue weighted by Crippen LogP contribution is 2.11. The normalized spacial score (nSPS) is 13.9. The van der Waals surface area contributed by atoms with E-state index in [2.05, 4.69) is 0 Å². The molecule has 0 aromatic carbocycles. The summed E-state index contributed by atoms with van der Waals surface area (Å²) in [5.41, 5.74) is 0. The van der Waals surface area contributed by atoms with Crippen molar-refractivity contribution in [3.63, 3.8) is 0 Å². The number of ether oxygens (including phenoxy) is 1. The molecule has 0 aromatic rings. The molecule has 0 amide bonds. The fourth-order valence-electron chi connectivity index (χ4n) is 1.49. The van der Waals surface area contributed by atoms with Crippen LogP contribution in [0.15, 0.2) is 0 Å². The number of carbonyl (C=O) groups excluding carboxylic acids is 2. The molecule has 0 rings (SSSR count). The Bertz CT molecular complexity index is 246. The zero-order valence-electron chi connectivity index (χ0n) is 9.86. The van der Waals surface area contributed by atoms with Gasteiger partial charge in [0.15, 0.2) is 0 Å². The van der Waals surface area contributed by atoms with Gasteiger partial charge in [0.1, 0.15) is 11.9 Å². The molecule has 0 saturated carbocycles. The van der Waals surface area contributed by atoms with Crippen molar-refractivity contribution in [2.75, 3.05) is 0 Å². The van der Waals surface area contributed by atoms with Gasteiger partial charge in [0.2, 0.25) is 0 Å². The van der Waals surface area contributed by atoms with E-state index in [4.69, 9.17) is 9.84 Å². The van der Waals surface area contributed by atoms with E-state index in [-0.39, 0.29) is 31.0 Å². The number of carboxylic acids is 1. The van der Waals surface area contributed by atoms with E-state index in [0.29, 0.717) is 0 Å². The van der Waals surface area contributed by atoms with Crippen molar-refractivity contribution in [1.29, 1.82) is 0 Å². The summed E-state index contributed by atoms with van der Waals surface area (Å²) in [6.07, 6.45) is -0.114. The van der Waals surface area contributed by atoms with E-state index >= 15 is 0 Å².